The van der Waals surface area contributed by atoms with Crippen LogP contribution in [0, 0.1) is 5.92 Å². The fourth-order valence-corrected chi connectivity index (χ4v) is 4.31. The fourth-order valence-electron chi connectivity index (χ4n) is 4.31. The molecule has 0 saturated carbocycles. The molecule has 1 saturated heterocycles. The van der Waals surface area contributed by atoms with Crippen molar-refractivity contribution < 1.29 is 14.6 Å². The van der Waals surface area contributed by atoms with Gasteiger partial charge in [-0.25, -0.2) is 9.97 Å². The van der Waals surface area contributed by atoms with Crippen LogP contribution in [0.25, 0.3) is 10.9 Å². The second kappa shape index (κ2) is 10.7. The standard InChI is InChI=1S/C24H31N5O3/c1-32-11-10-29-16-20(21-4-2-3-5-22(21)29)13-25-12-18-6-8-28(9-7-18)24-26-14-19(15-27-24)23(31)17-30/h2-5,14-16,18,25,30H,6-13,17H2,1H3. The number of ketones is 1. The van der Waals surface area contributed by atoms with Crippen molar-refractivity contribution in [3.05, 3.63) is 54.0 Å². The Hall–Kier alpha value is -2.81. The molecule has 0 aliphatic carbocycles. The molecule has 0 radical (unpaired) electrons. The largest absolute Gasteiger partial charge is 0.388 e. The van der Waals surface area contributed by atoms with Crippen LogP contribution in [0.15, 0.2) is 42.9 Å². The normalized spacial score (nSPS) is 14.9. The van der Waals surface area contributed by atoms with Crippen molar-refractivity contribution in [3.63, 3.8) is 0 Å². The Bertz CT molecular complexity index is 1030. The van der Waals surface area contributed by atoms with Gasteiger partial charge in [0, 0.05) is 62.8 Å². The second-order valence-electron chi connectivity index (χ2n) is 8.27. The average Bonchev–Trinajstić information content (AvgIpc) is 3.20. The van der Waals surface area contributed by atoms with Crippen LogP contribution in [-0.4, -0.2) is 65.4 Å². The van der Waals surface area contributed by atoms with Crippen LogP contribution in [0.3, 0.4) is 0 Å². The predicted molar refractivity (Wildman–Crippen MR) is 124 cm³/mol. The van der Waals surface area contributed by atoms with Crippen LogP contribution in [0.2, 0.25) is 0 Å². The third-order valence-corrected chi connectivity index (χ3v) is 6.16. The number of fused-ring (bicyclic) bond motifs is 1. The molecule has 170 valence electrons. The number of para-hydroxylation sites is 1. The average molecular weight is 438 g/mol. The van der Waals surface area contributed by atoms with Gasteiger partial charge in [-0.1, -0.05) is 18.2 Å². The molecule has 0 spiro atoms. The first kappa shape index (κ1) is 22.4. The summed E-state index contributed by atoms with van der Waals surface area (Å²) >= 11 is 0. The number of benzene rings is 1. The van der Waals surface area contributed by atoms with Crippen molar-refractivity contribution >= 4 is 22.6 Å². The maximum absolute atomic E-state index is 11.5. The number of aliphatic hydroxyl groups is 1. The van der Waals surface area contributed by atoms with Gasteiger partial charge in [0.15, 0.2) is 5.78 Å². The van der Waals surface area contributed by atoms with Gasteiger partial charge < -0.3 is 24.6 Å². The summed E-state index contributed by atoms with van der Waals surface area (Å²) in [7, 11) is 1.73. The highest BCUT2D eigenvalue weighted by atomic mass is 16.5. The summed E-state index contributed by atoms with van der Waals surface area (Å²) in [6.45, 7) is 4.67. The number of Topliss-reactive ketones (excluding diaryl/α,β-unsaturated/α-hetero) is 1. The summed E-state index contributed by atoms with van der Waals surface area (Å²) < 4.78 is 7.52. The first-order chi connectivity index (χ1) is 15.7. The van der Waals surface area contributed by atoms with Gasteiger partial charge in [0.25, 0.3) is 0 Å². The van der Waals surface area contributed by atoms with E-state index >= 15 is 0 Å². The molecule has 1 aromatic carbocycles. The molecule has 0 bridgehead atoms. The molecule has 3 heterocycles. The number of aliphatic hydroxyl groups excluding tert-OH is 1. The first-order valence-electron chi connectivity index (χ1n) is 11.2. The van der Waals surface area contributed by atoms with Gasteiger partial charge in [-0.3, -0.25) is 4.79 Å². The summed E-state index contributed by atoms with van der Waals surface area (Å²) in [6.07, 6.45) is 7.38. The molecule has 8 heteroatoms. The van der Waals surface area contributed by atoms with Crippen LogP contribution in [-0.2, 0) is 17.8 Å². The lowest BCUT2D eigenvalue weighted by atomic mass is 9.97. The van der Waals surface area contributed by atoms with Crippen molar-refractivity contribution in [2.45, 2.75) is 25.9 Å². The van der Waals surface area contributed by atoms with E-state index in [4.69, 9.17) is 9.84 Å². The molecule has 32 heavy (non-hydrogen) atoms. The zero-order valence-corrected chi connectivity index (χ0v) is 18.5. The summed E-state index contributed by atoms with van der Waals surface area (Å²) in [5.74, 6) is 0.904. The lowest BCUT2D eigenvalue weighted by Crippen LogP contribution is -2.38. The minimum Gasteiger partial charge on any atom is -0.388 e. The van der Waals surface area contributed by atoms with E-state index in [0.29, 0.717) is 24.0 Å². The summed E-state index contributed by atoms with van der Waals surface area (Å²) in [5.41, 5.74) is 2.92. The Labute approximate surface area is 188 Å². The Balaban J connectivity index is 1.27. The van der Waals surface area contributed by atoms with Crippen LogP contribution in [0.4, 0.5) is 5.95 Å². The Kier molecular flexibility index (Phi) is 7.47. The summed E-state index contributed by atoms with van der Waals surface area (Å²) in [4.78, 5) is 22.3. The molecule has 4 rings (SSSR count). The van der Waals surface area contributed by atoms with Gasteiger partial charge in [-0.2, -0.15) is 0 Å². The van der Waals surface area contributed by atoms with Crippen LogP contribution in [0.1, 0.15) is 28.8 Å². The van der Waals surface area contributed by atoms with Crippen molar-refractivity contribution in [1.29, 1.82) is 0 Å². The van der Waals surface area contributed by atoms with Crippen LogP contribution < -0.4 is 10.2 Å². The van der Waals surface area contributed by atoms with E-state index in [0.717, 1.165) is 45.6 Å². The van der Waals surface area contributed by atoms with Gasteiger partial charge in [0.1, 0.15) is 6.61 Å². The van der Waals surface area contributed by atoms with Gasteiger partial charge in [-0.05, 0) is 36.9 Å². The third kappa shape index (κ3) is 5.15. The highest BCUT2D eigenvalue weighted by Gasteiger charge is 2.21. The van der Waals surface area contributed by atoms with E-state index in [1.165, 1.54) is 28.9 Å². The first-order valence-corrected chi connectivity index (χ1v) is 11.2. The van der Waals surface area contributed by atoms with E-state index in [2.05, 4.69) is 55.2 Å². The number of carbonyl (C=O) groups excluding carboxylic acids is 1. The smallest absolute Gasteiger partial charge is 0.225 e. The number of carbonyl (C=O) groups is 1. The maximum Gasteiger partial charge on any atom is 0.225 e. The van der Waals surface area contributed by atoms with E-state index < -0.39 is 6.61 Å². The molecular weight excluding hydrogens is 406 g/mol. The van der Waals surface area contributed by atoms with E-state index in [9.17, 15) is 4.79 Å². The van der Waals surface area contributed by atoms with Crippen molar-refractivity contribution in [3.8, 4) is 0 Å². The van der Waals surface area contributed by atoms with Crippen LogP contribution in [0.5, 0.6) is 0 Å². The Morgan fingerprint density at radius 3 is 2.69 bits per heavy atom. The lowest BCUT2D eigenvalue weighted by Gasteiger charge is -2.32. The lowest BCUT2D eigenvalue weighted by molar-refractivity contribution is 0.0903. The predicted octanol–water partition coefficient (Wildman–Crippen LogP) is 2.26. The van der Waals surface area contributed by atoms with E-state index in [1.807, 2.05) is 0 Å². The molecule has 8 nitrogen and oxygen atoms in total. The van der Waals surface area contributed by atoms with Crippen molar-refractivity contribution in [1.82, 2.24) is 19.9 Å². The zero-order chi connectivity index (χ0) is 22.3. The molecule has 1 fully saturated rings. The number of methoxy groups -OCH3 is 1. The van der Waals surface area contributed by atoms with Crippen LogP contribution >= 0.6 is 0 Å². The molecule has 1 aliphatic rings. The highest BCUT2D eigenvalue weighted by molar-refractivity contribution is 5.96. The van der Waals surface area contributed by atoms with E-state index in [1.54, 1.807) is 7.11 Å². The quantitative estimate of drug-likeness (QED) is 0.470. The topological polar surface area (TPSA) is 92.5 Å². The number of rotatable bonds is 10. The Morgan fingerprint density at radius 1 is 1.22 bits per heavy atom. The number of nitrogens with zero attached hydrogens (tertiary/aromatic N) is 4. The fraction of sp³-hybridized carbons (Fsp3) is 0.458. The minimum atomic E-state index is -0.519. The number of hydrogen-bond donors (Lipinski definition) is 2. The number of nitrogens with one attached hydrogen (secondary N) is 1. The molecule has 2 aromatic heterocycles. The molecule has 0 amide bonds. The number of ether oxygens (including phenoxy) is 1. The van der Waals surface area contributed by atoms with E-state index in [-0.39, 0.29) is 5.78 Å². The summed E-state index contributed by atoms with van der Waals surface area (Å²) in [5, 5.41) is 13.9. The summed E-state index contributed by atoms with van der Waals surface area (Å²) in [6, 6.07) is 8.53. The monoisotopic (exact) mass is 437 g/mol. The molecule has 2 N–H and O–H groups in total. The highest BCUT2D eigenvalue weighted by Crippen LogP contribution is 2.23. The minimum absolute atomic E-state index is 0.346. The molecule has 1 aliphatic heterocycles. The number of aromatic nitrogens is 3. The molecule has 3 aromatic rings. The SMILES string of the molecule is COCCn1cc(CNCC2CCN(c3ncc(C(=O)CO)cn3)CC2)c2ccccc21. The molecule has 0 atom stereocenters. The molecule has 0 unspecified atom stereocenters. The third-order valence-electron chi connectivity index (χ3n) is 6.16. The zero-order valence-electron chi connectivity index (χ0n) is 18.5. The van der Waals surface area contributed by atoms with Gasteiger partial charge in [-0.15, -0.1) is 0 Å². The van der Waals surface area contributed by atoms with Gasteiger partial charge >= 0.3 is 0 Å². The number of hydrogen-bond acceptors (Lipinski definition) is 7. The van der Waals surface area contributed by atoms with Gasteiger partial charge in [0.2, 0.25) is 5.95 Å². The number of anilines is 1. The number of piperidine rings is 1. The molecular formula is C24H31N5O3. The van der Waals surface area contributed by atoms with Crippen molar-refractivity contribution in [2.24, 2.45) is 5.92 Å². The van der Waals surface area contributed by atoms with Crippen molar-refractivity contribution in [2.75, 3.05) is 44.9 Å². The second-order valence-corrected chi connectivity index (χ2v) is 8.27. The maximum atomic E-state index is 11.5. The Morgan fingerprint density at radius 2 is 1.97 bits per heavy atom. The van der Waals surface area contributed by atoms with Gasteiger partial charge in [0.05, 0.1) is 12.2 Å².